The molecule has 0 saturated carbocycles. The van der Waals surface area contributed by atoms with Gasteiger partial charge in [-0.2, -0.15) is 8.78 Å². The van der Waals surface area contributed by atoms with Crippen LogP contribution in [0.25, 0.3) is 0 Å². The number of halogens is 2. The van der Waals surface area contributed by atoms with E-state index in [1.54, 1.807) is 20.8 Å². The summed E-state index contributed by atoms with van der Waals surface area (Å²) in [7, 11) is 0. The van der Waals surface area contributed by atoms with Crippen molar-refractivity contribution in [3.8, 4) is 5.75 Å². The predicted molar refractivity (Wildman–Crippen MR) is 67.3 cm³/mol. The molecular weight excluding hydrogens is 256 g/mol. The first-order chi connectivity index (χ1) is 8.62. The third-order valence-electron chi connectivity index (χ3n) is 2.71. The van der Waals surface area contributed by atoms with E-state index < -0.39 is 23.9 Å². The molecule has 0 aliphatic rings. The van der Waals surface area contributed by atoms with Gasteiger partial charge >= 0.3 is 12.6 Å². The van der Waals surface area contributed by atoms with Gasteiger partial charge in [0.15, 0.2) is 0 Å². The van der Waals surface area contributed by atoms with Crippen molar-refractivity contribution in [2.24, 2.45) is 5.41 Å². The molecule has 6 heteroatoms. The standard InChI is InChI=1S/C13H17F2NO3/c1-13(2,3)10(11(17)18)8-6-7(19-12(14)15)4-5-9(8)16/h4-6,10,12H,16H2,1-3H3,(H,17,18). The van der Waals surface area contributed by atoms with E-state index in [2.05, 4.69) is 4.74 Å². The number of carboxylic acid groups (broad SMARTS) is 1. The first kappa shape index (κ1) is 15.2. The van der Waals surface area contributed by atoms with Gasteiger partial charge in [0, 0.05) is 5.69 Å². The largest absolute Gasteiger partial charge is 0.481 e. The van der Waals surface area contributed by atoms with Crippen LogP contribution in [0.5, 0.6) is 5.75 Å². The van der Waals surface area contributed by atoms with Crippen molar-refractivity contribution < 1.29 is 23.4 Å². The van der Waals surface area contributed by atoms with Crippen LogP contribution in [0, 0.1) is 5.41 Å². The number of aliphatic carboxylic acids is 1. The molecular formula is C13H17F2NO3. The molecule has 0 bridgehead atoms. The molecule has 1 rings (SSSR count). The lowest BCUT2D eigenvalue weighted by atomic mass is 9.76. The smallest absolute Gasteiger partial charge is 0.387 e. The van der Waals surface area contributed by atoms with Gasteiger partial charge in [0.1, 0.15) is 5.75 Å². The van der Waals surface area contributed by atoms with E-state index in [4.69, 9.17) is 5.73 Å². The van der Waals surface area contributed by atoms with Gasteiger partial charge in [0.2, 0.25) is 0 Å². The van der Waals surface area contributed by atoms with Gasteiger partial charge in [-0.05, 0) is 29.2 Å². The Bertz CT molecular complexity index is 469. The van der Waals surface area contributed by atoms with E-state index in [1.165, 1.54) is 18.2 Å². The van der Waals surface area contributed by atoms with Gasteiger partial charge in [-0.25, -0.2) is 0 Å². The van der Waals surface area contributed by atoms with E-state index >= 15 is 0 Å². The number of ether oxygens (including phenoxy) is 1. The molecule has 0 aliphatic heterocycles. The van der Waals surface area contributed by atoms with Crippen LogP contribution in [0.15, 0.2) is 18.2 Å². The van der Waals surface area contributed by atoms with Crippen molar-refractivity contribution in [1.29, 1.82) is 0 Å². The highest BCUT2D eigenvalue weighted by atomic mass is 19.3. The van der Waals surface area contributed by atoms with Crippen LogP contribution in [0.1, 0.15) is 32.3 Å². The third kappa shape index (κ3) is 3.81. The van der Waals surface area contributed by atoms with Crippen LogP contribution in [0.2, 0.25) is 0 Å². The molecule has 0 spiro atoms. The molecule has 3 N–H and O–H groups in total. The van der Waals surface area contributed by atoms with Crippen LogP contribution in [-0.4, -0.2) is 17.7 Å². The van der Waals surface area contributed by atoms with Crippen LogP contribution in [0.3, 0.4) is 0 Å². The molecule has 1 aromatic carbocycles. The average Bonchev–Trinajstić information content (AvgIpc) is 2.19. The van der Waals surface area contributed by atoms with Crippen LogP contribution >= 0.6 is 0 Å². The normalized spacial score (nSPS) is 13.4. The van der Waals surface area contributed by atoms with Crippen LogP contribution < -0.4 is 10.5 Å². The average molecular weight is 273 g/mol. The zero-order valence-corrected chi connectivity index (χ0v) is 11.0. The monoisotopic (exact) mass is 273 g/mol. The first-order valence-corrected chi connectivity index (χ1v) is 5.70. The van der Waals surface area contributed by atoms with Gasteiger partial charge in [-0.1, -0.05) is 20.8 Å². The number of nitrogens with two attached hydrogens (primary N) is 1. The fraction of sp³-hybridized carbons (Fsp3) is 0.462. The summed E-state index contributed by atoms with van der Waals surface area (Å²) >= 11 is 0. The number of anilines is 1. The minimum atomic E-state index is -2.96. The lowest BCUT2D eigenvalue weighted by Crippen LogP contribution is -2.27. The summed E-state index contributed by atoms with van der Waals surface area (Å²) < 4.78 is 28.6. The molecule has 0 saturated heterocycles. The number of benzene rings is 1. The Morgan fingerprint density at radius 2 is 1.95 bits per heavy atom. The Kier molecular flexibility index (Phi) is 4.34. The van der Waals surface area contributed by atoms with Gasteiger partial charge in [0.05, 0.1) is 5.92 Å². The first-order valence-electron chi connectivity index (χ1n) is 5.70. The molecule has 0 radical (unpaired) electrons. The number of alkyl halides is 2. The highest BCUT2D eigenvalue weighted by Crippen LogP contribution is 2.39. The second kappa shape index (κ2) is 5.42. The molecule has 0 fully saturated rings. The zero-order valence-electron chi connectivity index (χ0n) is 11.0. The maximum Gasteiger partial charge on any atom is 0.387 e. The van der Waals surface area contributed by atoms with E-state index in [0.717, 1.165) is 0 Å². The third-order valence-corrected chi connectivity index (χ3v) is 2.71. The molecule has 0 heterocycles. The number of carboxylic acids is 1. The van der Waals surface area contributed by atoms with Gasteiger partial charge < -0.3 is 15.6 Å². The number of hydrogen-bond acceptors (Lipinski definition) is 3. The maximum absolute atomic E-state index is 12.2. The zero-order chi connectivity index (χ0) is 14.8. The molecule has 1 unspecified atom stereocenters. The Morgan fingerprint density at radius 1 is 1.37 bits per heavy atom. The quantitative estimate of drug-likeness (QED) is 0.827. The second-order valence-corrected chi connectivity index (χ2v) is 5.31. The van der Waals surface area contributed by atoms with Crippen molar-refractivity contribution in [1.82, 2.24) is 0 Å². The summed E-state index contributed by atoms with van der Waals surface area (Å²) in [6.45, 7) is 2.26. The molecule has 0 aliphatic carbocycles. The minimum absolute atomic E-state index is 0.102. The van der Waals surface area contributed by atoms with Crippen molar-refractivity contribution in [2.75, 3.05) is 5.73 Å². The van der Waals surface area contributed by atoms with E-state index in [-0.39, 0.29) is 17.0 Å². The molecule has 19 heavy (non-hydrogen) atoms. The lowest BCUT2D eigenvalue weighted by Gasteiger charge is -2.28. The number of rotatable bonds is 4. The second-order valence-electron chi connectivity index (χ2n) is 5.31. The number of carbonyl (C=O) groups is 1. The van der Waals surface area contributed by atoms with Crippen LogP contribution in [0.4, 0.5) is 14.5 Å². The van der Waals surface area contributed by atoms with Gasteiger partial charge in [-0.3, -0.25) is 4.79 Å². The Hall–Kier alpha value is -1.85. The van der Waals surface area contributed by atoms with Gasteiger partial charge in [0.25, 0.3) is 0 Å². The lowest BCUT2D eigenvalue weighted by molar-refractivity contribution is -0.141. The molecule has 0 amide bonds. The van der Waals surface area contributed by atoms with Crippen LogP contribution in [-0.2, 0) is 4.79 Å². The summed E-state index contributed by atoms with van der Waals surface area (Å²) in [5.74, 6) is -2.07. The molecule has 1 atom stereocenters. The summed E-state index contributed by atoms with van der Waals surface area (Å²) in [4.78, 5) is 11.4. The molecule has 0 aromatic heterocycles. The summed E-state index contributed by atoms with van der Waals surface area (Å²) in [6, 6.07) is 3.91. The van der Waals surface area contributed by atoms with Crippen molar-refractivity contribution >= 4 is 11.7 Å². The highest BCUT2D eigenvalue weighted by molar-refractivity contribution is 5.80. The number of hydrogen-bond donors (Lipinski definition) is 2. The van der Waals surface area contributed by atoms with Gasteiger partial charge in [-0.15, -0.1) is 0 Å². The van der Waals surface area contributed by atoms with E-state index in [0.29, 0.717) is 0 Å². The SMILES string of the molecule is CC(C)(C)C(C(=O)O)c1cc(OC(F)F)ccc1N. The van der Waals surface area contributed by atoms with Crippen molar-refractivity contribution in [2.45, 2.75) is 33.3 Å². The van der Waals surface area contributed by atoms with Crippen molar-refractivity contribution in [3.05, 3.63) is 23.8 Å². The fourth-order valence-corrected chi connectivity index (χ4v) is 1.95. The predicted octanol–water partition coefficient (Wildman–Crippen LogP) is 3.08. The summed E-state index contributed by atoms with van der Waals surface area (Å²) in [5, 5.41) is 9.32. The van der Waals surface area contributed by atoms with Crippen molar-refractivity contribution in [3.63, 3.8) is 0 Å². The topological polar surface area (TPSA) is 72.5 Å². The summed E-state index contributed by atoms with van der Waals surface area (Å²) in [6.07, 6.45) is 0. The number of nitrogen functional groups attached to an aromatic ring is 1. The fourth-order valence-electron chi connectivity index (χ4n) is 1.95. The Morgan fingerprint density at radius 3 is 2.37 bits per heavy atom. The Balaban J connectivity index is 3.26. The Labute approximate surface area is 110 Å². The summed E-state index contributed by atoms with van der Waals surface area (Å²) in [5.41, 5.74) is 5.66. The molecule has 1 aromatic rings. The van der Waals surface area contributed by atoms with E-state index in [1.807, 2.05) is 0 Å². The molecule has 4 nitrogen and oxygen atoms in total. The molecule has 106 valence electrons. The maximum atomic E-state index is 12.2. The minimum Gasteiger partial charge on any atom is -0.481 e. The van der Waals surface area contributed by atoms with E-state index in [9.17, 15) is 18.7 Å². The highest BCUT2D eigenvalue weighted by Gasteiger charge is 2.34.